The third-order valence-electron chi connectivity index (χ3n) is 7.21. The lowest BCUT2D eigenvalue weighted by atomic mass is 9.88. The molecular formula is C32H28Cl2N4O. The van der Waals surface area contributed by atoms with Crippen molar-refractivity contribution in [2.75, 3.05) is 26.2 Å². The highest BCUT2D eigenvalue weighted by atomic mass is 35.5. The summed E-state index contributed by atoms with van der Waals surface area (Å²) in [7, 11) is 0. The van der Waals surface area contributed by atoms with E-state index in [4.69, 9.17) is 33.2 Å². The van der Waals surface area contributed by atoms with E-state index in [1.165, 1.54) is 0 Å². The van der Waals surface area contributed by atoms with Crippen molar-refractivity contribution in [2.45, 2.75) is 19.8 Å². The van der Waals surface area contributed by atoms with Crippen molar-refractivity contribution < 1.29 is 4.74 Å². The Morgan fingerprint density at radius 3 is 2.51 bits per heavy atom. The van der Waals surface area contributed by atoms with Crippen LogP contribution in [-0.2, 0) is 0 Å². The molecule has 0 aliphatic carbocycles. The van der Waals surface area contributed by atoms with Crippen molar-refractivity contribution in [2.24, 2.45) is 5.92 Å². The number of fused-ring (bicyclic) bond motifs is 1. The van der Waals surface area contributed by atoms with Crippen LogP contribution in [0, 0.1) is 28.6 Å². The smallest absolute Gasteiger partial charge is 0.119 e. The van der Waals surface area contributed by atoms with Gasteiger partial charge in [0, 0.05) is 47.6 Å². The Kier molecular flexibility index (Phi) is 8.24. The van der Waals surface area contributed by atoms with Gasteiger partial charge in [-0.05, 0) is 59.4 Å². The summed E-state index contributed by atoms with van der Waals surface area (Å²) in [5, 5.41) is 20.8. The topological polar surface area (TPSA) is 75.8 Å². The average molecular weight is 556 g/mol. The molecule has 5 nitrogen and oxygen atoms in total. The number of rotatable bonds is 9. The maximum atomic E-state index is 9.90. The van der Waals surface area contributed by atoms with E-state index in [9.17, 15) is 5.26 Å². The number of aromatic nitrogens is 1. The number of benzene rings is 3. The molecule has 3 aromatic carbocycles. The van der Waals surface area contributed by atoms with Gasteiger partial charge in [-0.15, -0.1) is 0 Å². The predicted octanol–water partition coefficient (Wildman–Crippen LogP) is 7.94. The standard InChI is InChI=1S/C32H28Cl2N4O/c1-2-26(27-12-9-24(33)17-23(27)18-36)30(32-31(34)28-5-3-4-6-29(28)37-32)22-7-10-25(11-8-22)39-16-15-38-19-21(20-38)13-14-35/h3-12,17,21,37H,2,13,15-16,19-20H2,1H3/b30-26+. The number of nitrogens with one attached hydrogen (secondary N) is 1. The number of H-pyrrole nitrogens is 1. The van der Waals surface area contributed by atoms with Crippen LogP contribution in [0.5, 0.6) is 5.75 Å². The molecule has 1 N–H and O–H groups in total. The minimum absolute atomic E-state index is 0.492. The highest BCUT2D eigenvalue weighted by Crippen LogP contribution is 2.41. The Hall–Kier alpha value is -3.74. The lowest BCUT2D eigenvalue weighted by molar-refractivity contribution is 0.0854. The molecule has 5 rings (SSSR count). The normalized spacial score (nSPS) is 14.4. The molecule has 1 aliphatic rings. The SMILES string of the molecule is CC/C(=C(/c1ccc(OCCN2CC(CC#N)C2)cc1)c1[nH]c2ccccc2c1Cl)c1ccc(Cl)cc1C#N. The van der Waals surface area contributed by atoms with Gasteiger partial charge in [-0.1, -0.05) is 66.5 Å². The summed E-state index contributed by atoms with van der Waals surface area (Å²) in [6, 6.07) is 26.0. The van der Waals surface area contributed by atoms with Gasteiger partial charge in [0.15, 0.2) is 0 Å². The summed E-state index contributed by atoms with van der Waals surface area (Å²) in [4.78, 5) is 5.83. The fourth-order valence-corrected chi connectivity index (χ4v) is 5.73. The number of para-hydroxylation sites is 1. The van der Waals surface area contributed by atoms with Gasteiger partial charge < -0.3 is 9.72 Å². The summed E-state index contributed by atoms with van der Waals surface area (Å²) in [5.74, 6) is 1.28. The van der Waals surface area contributed by atoms with Gasteiger partial charge in [-0.2, -0.15) is 10.5 Å². The quantitative estimate of drug-likeness (QED) is 0.213. The fraction of sp³-hybridized carbons (Fsp3) is 0.250. The Labute approximate surface area is 238 Å². The molecule has 7 heteroatoms. The van der Waals surface area contributed by atoms with Gasteiger partial charge in [-0.25, -0.2) is 0 Å². The number of ether oxygens (including phenoxy) is 1. The molecule has 0 spiro atoms. The second-order valence-electron chi connectivity index (χ2n) is 9.73. The van der Waals surface area contributed by atoms with Crippen LogP contribution in [0.3, 0.4) is 0 Å². The van der Waals surface area contributed by atoms with Gasteiger partial charge in [0.25, 0.3) is 0 Å². The minimum atomic E-state index is 0.492. The number of nitriles is 2. The van der Waals surface area contributed by atoms with E-state index in [-0.39, 0.29) is 0 Å². The molecule has 0 amide bonds. The zero-order valence-electron chi connectivity index (χ0n) is 21.7. The molecule has 0 bridgehead atoms. The number of aromatic amines is 1. The third-order valence-corrected chi connectivity index (χ3v) is 7.83. The summed E-state index contributed by atoms with van der Waals surface area (Å²) < 4.78 is 6.03. The van der Waals surface area contributed by atoms with Crippen molar-refractivity contribution in [3.8, 4) is 17.9 Å². The predicted molar refractivity (Wildman–Crippen MR) is 158 cm³/mol. The van der Waals surface area contributed by atoms with E-state index in [1.807, 2.05) is 60.7 Å². The van der Waals surface area contributed by atoms with E-state index < -0.39 is 0 Å². The summed E-state index contributed by atoms with van der Waals surface area (Å²) in [6.45, 7) is 5.43. The van der Waals surface area contributed by atoms with E-state index in [2.05, 4.69) is 28.9 Å². The first-order valence-corrected chi connectivity index (χ1v) is 13.8. The molecule has 0 unspecified atom stereocenters. The lowest BCUT2D eigenvalue weighted by Crippen LogP contribution is -2.47. The largest absolute Gasteiger partial charge is 0.492 e. The zero-order valence-corrected chi connectivity index (χ0v) is 23.2. The molecule has 1 fully saturated rings. The van der Waals surface area contributed by atoms with Gasteiger partial charge in [-0.3, -0.25) is 4.90 Å². The molecule has 0 radical (unpaired) electrons. The van der Waals surface area contributed by atoms with Crippen LogP contribution in [0.2, 0.25) is 10.0 Å². The Bertz CT molecular complexity index is 1600. The first-order valence-electron chi connectivity index (χ1n) is 13.0. The van der Waals surface area contributed by atoms with Crippen LogP contribution in [0.4, 0.5) is 0 Å². The molecule has 196 valence electrons. The first kappa shape index (κ1) is 26.9. The number of nitrogens with zero attached hydrogens (tertiary/aromatic N) is 3. The van der Waals surface area contributed by atoms with Crippen LogP contribution in [-0.4, -0.2) is 36.1 Å². The first-order chi connectivity index (χ1) is 19.0. The molecule has 0 saturated carbocycles. The van der Waals surface area contributed by atoms with Crippen molar-refractivity contribution in [3.63, 3.8) is 0 Å². The van der Waals surface area contributed by atoms with E-state index in [0.717, 1.165) is 64.3 Å². The molecule has 2 heterocycles. The molecule has 4 aromatic rings. The Morgan fingerprint density at radius 1 is 1.05 bits per heavy atom. The van der Waals surface area contributed by atoms with Crippen molar-refractivity contribution in [1.82, 2.24) is 9.88 Å². The number of halogens is 2. The Balaban J connectivity index is 1.50. The van der Waals surface area contributed by atoms with E-state index >= 15 is 0 Å². The zero-order chi connectivity index (χ0) is 27.4. The monoisotopic (exact) mass is 554 g/mol. The molecule has 1 aliphatic heterocycles. The summed E-state index contributed by atoms with van der Waals surface area (Å²) >= 11 is 13.2. The van der Waals surface area contributed by atoms with Crippen LogP contribution in [0.25, 0.3) is 22.0 Å². The van der Waals surface area contributed by atoms with Crippen molar-refractivity contribution in [1.29, 1.82) is 10.5 Å². The number of allylic oxidation sites excluding steroid dienone is 1. The highest BCUT2D eigenvalue weighted by Gasteiger charge is 2.26. The fourth-order valence-electron chi connectivity index (χ4n) is 5.25. The van der Waals surface area contributed by atoms with Crippen molar-refractivity contribution >= 4 is 45.3 Å². The number of likely N-dealkylation sites (tertiary alicyclic amines) is 1. The van der Waals surface area contributed by atoms with Gasteiger partial charge >= 0.3 is 0 Å². The van der Waals surface area contributed by atoms with Crippen molar-refractivity contribution in [3.05, 3.63) is 99.2 Å². The number of hydrogen-bond donors (Lipinski definition) is 1. The second kappa shape index (κ2) is 12.0. The number of hydrogen-bond acceptors (Lipinski definition) is 4. The molecule has 1 aromatic heterocycles. The summed E-state index contributed by atoms with van der Waals surface area (Å²) in [5.41, 5.74) is 6.01. The minimum Gasteiger partial charge on any atom is -0.492 e. The van der Waals surface area contributed by atoms with Crippen LogP contribution in [0.15, 0.2) is 66.7 Å². The molecule has 39 heavy (non-hydrogen) atoms. The van der Waals surface area contributed by atoms with Crippen LogP contribution in [0.1, 0.15) is 42.1 Å². The second-order valence-corrected chi connectivity index (χ2v) is 10.5. The average Bonchev–Trinajstić information content (AvgIpc) is 3.26. The van der Waals surface area contributed by atoms with Crippen LogP contribution < -0.4 is 4.74 Å². The Morgan fingerprint density at radius 2 is 1.82 bits per heavy atom. The van der Waals surface area contributed by atoms with E-state index in [1.54, 1.807) is 6.07 Å². The molecule has 1 saturated heterocycles. The van der Waals surface area contributed by atoms with Gasteiger partial charge in [0.1, 0.15) is 12.4 Å². The van der Waals surface area contributed by atoms with Crippen LogP contribution >= 0.6 is 23.2 Å². The maximum absolute atomic E-state index is 9.90. The third kappa shape index (κ3) is 5.68. The van der Waals surface area contributed by atoms with Gasteiger partial charge in [0.05, 0.1) is 28.4 Å². The highest BCUT2D eigenvalue weighted by molar-refractivity contribution is 6.38. The van der Waals surface area contributed by atoms with E-state index in [0.29, 0.717) is 41.0 Å². The summed E-state index contributed by atoms with van der Waals surface area (Å²) in [6.07, 6.45) is 1.30. The maximum Gasteiger partial charge on any atom is 0.119 e. The molecule has 0 atom stereocenters. The van der Waals surface area contributed by atoms with Gasteiger partial charge in [0.2, 0.25) is 0 Å². The molecular weight excluding hydrogens is 527 g/mol. The lowest BCUT2D eigenvalue weighted by Gasteiger charge is -2.37.